The molecule has 31 heavy (non-hydrogen) atoms. The van der Waals surface area contributed by atoms with E-state index in [9.17, 15) is 18.0 Å². The van der Waals surface area contributed by atoms with Gasteiger partial charge in [0, 0.05) is 36.4 Å². The van der Waals surface area contributed by atoms with Gasteiger partial charge in [-0.2, -0.15) is 4.31 Å². The van der Waals surface area contributed by atoms with Gasteiger partial charge < -0.3 is 15.4 Å². The van der Waals surface area contributed by atoms with Gasteiger partial charge in [-0.15, -0.1) is 0 Å². The van der Waals surface area contributed by atoms with Gasteiger partial charge in [0.15, 0.2) is 6.61 Å². The topological polar surface area (TPSA) is 105 Å². The molecule has 4 rings (SSSR count). The van der Waals surface area contributed by atoms with E-state index in [4.69, 9.17) is 4.74 Å². The number of nitrogens with one attached hydrogen (secondary N) is 2. The molecule has 1 aliphatic heterocycles. The molecule has 164 valence electrons. The maximum atomic E-state index is 12.6. The van der Waals surface area contributed by atoms with Gasteiger partial charge in [0.1, 0.15) is 5.75 Å². The Morgan fingerprint density at radius 1 is 0.968 bits per heavy atom. The quantitative estimate of drug-likeness (QED) is 0.653. The summed E-state index contributed by atoms with van der Waals surface area (Å²) in [5.74, 6) is 0.204. The largest absolute Gasteiger partial charge is 0.484 e. The molecule has 2 N–H and O–H groups in total. The Bertz CT molecular complexity index is 1060. The molecule has 0 radical (unpaired) electrons. The number of rotatable bonds is 8. The molecule has 1 heterocycles. The molecular formula is C22H25N3O5S. The van der Waals surface area contributed by atoms with Crippen LogP contribution in [0, 0.1) is 5.92 Å². The van der Waals surface area contributed by atoms with Crippen molar-refractivity contribution in [3.05, 3.63) is 48.5 Å². The Morgan fingerprint density at radius 2 is 1.68 bits per heavy atom. The lowest BCUT2D eigenvalue weighted by atomic mass is 10.3. The number of anilines is 2. The number of hydrogen-bond donors (Lipinski definition) is 2. The van der Waals surface area contributed by atoms with Crippen molar-refractivity contribution in [2.24, 2.45) is 5.92 Å². The number of amides is 2. The van der Waals surface area contributed by atoms with Gasteiger partial charge in [0.2, 0.25) is 15.9 Å². The van der Waals surface area contributed by atoms with Crippen molar-refractivity contribution in [1.82, 2.24) is 4.31 Å². The molecule has 1 aliphatic carbocycles. The molecular weight excluding hydrogens is 418 g/mol. The summed E-state index contributed by atoms with van der Waals surface area (Å²) in [5, 5.41) is 5.53. The van der Waals surface area contributed by atoms with E-state index in [0.29, 0.717) is 30.2 Å². The van der Waals surface area contributed by atoms with Crippen LogP contribution in [0.4, 0.5) is 11.4 Å². The summed E-state index contributed by atoms with van der Waals surface area (Å²) < 4.78 is 32.1. The normalized spacial score (nSPS) is 16.6. The summed E-state index contributed by atoms with van der Waals surface area (Å²) >= 11 is 0. The van der Waals surface area contributed by atoms with Gasteiger partial charge in [-0.25, -0.2) is 8.42 Å². The molecule has 1 saturated heterocycles. The van der Waals surface area contributed by atoms with Crippen molar-refractivity contribution in [3.8, 4) is 5.75 Å². The number of hydrogen-bond acceptors (Lipinski definition) is 5. The number of benzene rings is 2. The molecule has 2 aromatic rings. The van der Waals surface area contributed by atoms with Gasteiger partial charge in [-0.1, -0.05) is 6.07 Å². The highest BCUT2D eigenvalue weighted by molar-refractivity contribution is 7.89. The molecule has 2 amide bonds. The zero-order chi connectivity index (χ0) is 21.8. The lowest BCUT2D eigenvalue weighted by molar-refractivity contribution is -0.118. The van der Waals surface area contributed by atoms with E-state index in [1.807, 2.05) is 0 Å². The Kier molecular flexibility index (Phi) is 6.24. The van der Waals surface area contributed by atoms with Crippen LogP contribution in [0.1, 0.15) is 25.7 Å². The molecule has 2 aromatic carbocycles. The van der Waals surface area contributed by atoms with Crippen LogP contribution in [-0.2, 0) is 19.6 Å². The first-order chi connectivity index (χ1) is 14.9. The van der Waals surface area contributed by atoms with E-state index in [0.717, 1.165) is 25.7 Å². The van der Waals surface area contributed by atoms with Gasteiger partial charge in [0.05, 0.1) is 4.90 Å². The SMILES string of the molecule is O=C(COc1cccc(NC(=O)C2CC2)c1)Nc1ccc(S(=O)(=O)N2CCCC2)cc1. The van der Waals surface area contributed by atoms with Crippen LogP contribution in [0.5, 0.6) is 5.75 Å². The van der Waals surface area contributed by atoms with Crippen molar-refractivity contribution in [3.63, 3.8) is 0 Å². The Morgan fingerprint density at radius 3 is 2.35 bits per heavy atom. The van der Waals surface area contributed by atoms with Crippen LogP contribution in [-0.4, -0.2) is 44.2 Å². The first-order valence-corrected chi connectivity index (χ1v) is 11.8. The molecule has 2 aliphatic rings. The Hall–Kier alpha value is -2.91. The van der Waals surface area contributed by atoms with Crippen molar-refractivity contribution >= 4 is 33.2 Å². The molecule has 2 fully saturated rings. The van der Waals surface area contributed by atoms with Crippen molar-refractivity contribution in [2.45, 2.75) is 30.6 Å². The summed E-state index contributed by atoms with van der Waals surface area (Å²) in [6.07, 6.45) is 3.60. The maximum Gasteiger partial charge on any atom is 0.262 e. The zero-order valence-corrected chi connectivity index (χ0v) is 17.9. The number of carbonyl (C=O) groups excluding carboxylic acids is 2. The van der Waals surface area contributed by atoms with E-state index in [2.05, 4.69) is 10.6 Å². The fourth-order valence-corrected chi connectivity index (χ4v) is 4.90. The van der Waals surface area contributed by atoms with Crippen molar-refractivity contribution in [1.29, 1.82) is 0 Å². The first-order valence-electron chi connectivity index (χ1n) is 10.4. The number of carbonyl (C=O) groups is 2. The predicted molar refractivity (Wildman–Crippen MR) is 116 cm³/mol. The summed E-state index contributed by atoms with van der Waals surface area (Å²) in [4.78, 5) is 24.3. The predicted octanol–water partition coefficient (Wildman–Crippen LogP) is 2.84. The molecule has 9 heteroatoms. The van der Waals surface area contributed by atoms with E-state index in [1.165, 1.54) is 16.4 Å². The lowest BCUT2D eigenvalue weighted by Crippen LogP contribution is -2.27. The minimum absolute atomic E-state index is 0.00471. The van der Waals surface area contributed by atoms with E-state index in [1.54, 1.807) is 36.4 Å². The highest BCUT2D eigenvalue weighted by atomic mass is 32.2. The standard InChI is InChI=1S/C22H25N3O5S/c26-21(15-30-19-5-3-4-18(14-19)24-22(27)16-6-7-16)23-17-8-10-20(11-9-17)31(28,29)25-12-1-2-13-25/h3-5,8-11,14,16H,1-2,6-7,12-13,15H2,(H,23,26)(H,24,27). The average Bonchev–Trinajstić information content (AvgIpc) is 3.46. The van der Waals surface area contributed by atoms with Crippen LogP contribution in [0.25, 0.3) is 0 Å². The summed E-state index contributed by atoms with van der Waals surface area (Å²) in [7, 11) is -3.48. The first kappa shape index (κ1) is 21.3. The average molecular weight is 444 g/mol. The van der Waals surface area contributed by atoms with Gasteiger partial charge in [-0.3, -0.25) is 9.59 Å². The van der Waals surface area contributed by atoms with Crippen LogP contribution in [0.2, 0.25) is 0 Å². The van der Waals surface area contributed by atoms with Crippen molar-refractivity contribution < 1.29 is 22.7 Å². The third-order valence-corrected chi connectivity index (χ3v) is 7.17. The number of nitrogens with zero attached hydrogens (tertiary/aromatic N) is 1. The molecule has 8 nitrogen and oxygen atoms in total. The summed E-state index contributed by atoms with van der Waals surface area (Å²) in [5.41, 5.74) is 1.11. The van der Waals surface area contributed by atoms with Gasteiger partial charge in [-0.05, 0) is 62.1 Å². The second kappa shape index (κ2) is 9.07. The summed E-state index contributed by atoms with van der Waals surface area (Å²) in [6, 6.07) is 13.0. The Balaban J connectivity index is 1.29. The van der Waals surface area contributed by atoms with Crippen LogP contribution in [0.15, 0.2) is 53.4 Å². The van der Waals surface area contributed by atoms with E-state index < -0.39 is 10.0 Å². The molecule has 1 saturated carbocycles. The molecule has 0 unspecified atom stereocenters. The third kappa shape index (κ3) is 5.42. The van der Waals surface area contributed by atoms with Crippen LogP contribution < -0.4 is 15.4 Å². The van der Waals surface area contributed by atoms with Gasteiger partial charge >= 0.3 is 0 Å². The van der Waals surface area contributed by atoms with E-state index >= 15 is 0 Å². The molecule has 0 atom stereocenters. The molecule has 0 spiro atoms. The second-order valence-corrected chi connectivity index (χ2v) is 9.70. The van der Waals surface area contributed by atoms with Crippen molar-refractivity contribution in [2.75, 3.05) is 30.3 Å². The fraction of sp³-hybridized carbons (Fsp3) is 0.364. The van der Waals surface area contributed by atoms with E-state index in [-0.39, 0.29) is 29.2 Å². The Labute approximate surface area is 181 Å². The third-order valence-electron chi connectivity index (χ3n) is 5.26. The number of ether oxygens (including phenoxy) is 1. The molecule has 0 bridgehead atoms. The van der Waals surface area contributed by atoms with Crippen LogP contribution in [0.3, 0.4) is 0 Å². The lowest BCUT2D eigenvalue weighted by Gasteiger charge is -2.15. The smallest absolute Gasteiger partial charge is 0.262 e. The zero-order valence-electron chi connectivity index (χ0n) is 17.0. The van der Waals surface area contributed by atoms with Gasteiger partial charge in [0.25, 0.3) is 5.91 Å². The summed E-state index contributed by atoms with van der Waals surface area (Å²) in [6.45, 7) is 0.876. The fourth-order valence-electron chi connectivity index (χ4n) is 3.39. The monoisotopic (exact) mass is 443 g/mol. The van der Waals surface area contributed by atoms with Crippen LogP contribution >= 0.6 is 0 Å². The maximum absolute atomic E-state index is 12.6. The highest BCUT2D eigenvalue weighted by Gasteiger charge is 2.29. The molecule has 0 aromatic heterocycles. The number of sulfonamides is 1. The minimum atomic E-state index is -3.48. The highest BCUT2D eigenvalue weighted by Crippen LogP contribution is 2.30. The second-order valence-electron chi connectivity index (χ2n) is 7.76. The minimum Gasteiger partial charge on any atom is -0.484 e.